The van der Waals surface area contributed by atoms with Crippen LogP contribution in [-0.4, -0.2) is 55.5 Å². The van der Waals surface area contributed by atoms with Crippen molar-refractivity contribution in [2.24, 2.45) is 5.92 Å². The number of hydrogen-bond donors (Lipinski definition) is 3. The highest BCUT2D eigenvalue weighted by atomic mass is 16.5. The Labute approximate surface area is 188 Å². The molecule has 1 aromatic rings. The van der Waals surface area contributed by atoms with Gasteiger partial charge in [-0.05, 0) is 37.2 Å². The molecule has 176 valence electrons. The molecule has 0 aromatic heterocycles. The van der Waals surface area contributed by atoms with Crippen LogP contribution in [0.15, 0.2) is 30.3 Å². The maximum Gasteiger partial charge on any atom is 0.408 e. The largest absolute Gasteiger partial charge is 0.445 e. The first-order valence-electron chi connectivity index (χ1n) is 11.0. The SMILES string of the molecule is CC(C)CC(NC(=O)OCc1ccccc1)C(=O)NC1COCCCCCNC(=O)C1=O. The van der Waals surface area contributed by atoms with Crippen molar-refractivity contribution < 1.29 is 28.7 Å². The number of amides is 3. The molecule has 1 saturated heterocycles. The highest BCUT2D eigenvalue weighted by Gasteiger charge is 2.31. The summed E-state index contributed by atoms with van der Waals surface area (Å²) in [7, 11) is 0. The minimum absolute atomic E-state index is 0.0673. The molecular weight excluding hydrogens is 414 g/mol. The third kappa shape index (κ3) is 9.05. The van der Waals surface area contributed by atoms with Gasteiger partial charge in [-0.15, -0.1) is 0 Å². The number of carbonyl (C=O) groups excluding carboxylic acids is 4. The average Bonchev–Trinajstić information content (AvgIpc) is 2.80. The van der Waals surface area contributed by atoms with Crippen molar-refractivity contribution >= 4 is 23.7 Å². The Morgan fingerprint density at radius 2 is 1.91 bits per heavy atom. The van der Waals surface area contributed by atoms with E-state index in [-0.39, 0.29) is 19.1 Å². The molecule has 2 unspecified atom stereocenters. The summed E-state index contributed by atoms with van der Waals surface area (Å²) in [5, 5.41) is 7.72. The van der Waals surface area contributed by atoms with Gasteiger partial charge in [0.05, 0.1) is 6.61 Å². The van der Waals surface area contributed by atoms with Crippen LogP contribution in [0, 0.1) is 5.92 Å². The summed E-state index contributed by atoms with van der Waals surface area (Å²) >= 11 is 0. The van der Waals surface area contributed by atoms with Crippen LogP contribution in [0.2, 0.25) is 0 Å². The second-order valence-electron chi connectivity index (χ2n) is 8.21. The van der Waals surface area contributed by atoms with E-state index in [1.807, 2.05) is 44.2 Å². The second-order valence-corrected chi connectivity index (χ2v) is 8.21. The molecule has 3 N–H and O–H groups in total. The van der Waals surface area contributed by atoms with Crippen molar-refractivity contribution in [3.63, 3.8) is 0 Å². The number of benzene rings is 1. The zero-order chi connectivity index (χ0) is 23.3. The van der Waals surface area contributed by atoms with Crippen molar-refractivity contribution in [2.75, 3.05) is 19.8 Å². The molecule has 0 aliphatic carbocycles. The zero-order valence-electron chi connectivity index (χ0n) is 18.7. The Balaban J connectivity index is 1.99. The second kappa shape index (κ2) is 13.5. The molecule has 32 heavy (non-hydrogen) atoms. The molecule has 2 rings (SSSR count). The molecular formula is C23H33N3O6. The van der Waals surface area contributed by atoms with E-state index in [0.717, 1.165) is 24.8 Å². The topological polar surface area (TPSA) is 123 Å². The zero-order valence-corrected chi connectivity index (χ0v) is 18.7. The maximum absolute atomic E-state index is 12.9. The van der Waals surface area contributed by atoms with Gasteiger partial charge in [-0.1, -0.05) is 44.2 Å². The van der Waals surface area contributed by atoms with Crippen LogP contribution in [0.4, 0.5) is 4.79 Å². The van der Waals surface area contributed by atoms with Gasteiger partial charge in [-0.25, -0.2) is 4.79 Å². The predicted octanol–water partition coefficient (Wildman–Crippen LogP) is 1.70. The third-order valence-electron chi connectivity index (χ3n) is 4.92. The summed E-state index contributed by atoms with van der Waals surface area (Å²) < 4.78 is 10.7. The third-order valence-corrected chi connectivity index (χ3v) is 4.92. The quantitative estimate of drug-likeness (QED) is 0.547. The van der Waals surface area contributed by atoms with Gasteiger partial charge in [0.1, 0.15) is 18.7 Å². The first-order valence-corrected chi connectivity index (χ1v) is 11.0. The van der Waals surface area contributed by atoms with Crippen LogP contribution in [0.3, 0.4) is 0 Å². The van der Waals surface area contributed by atoms with Crippen LogP contribution in [0.5, 0.6) is 0 Å². The molecule has 1 aliphatic heterocycles. The van der Waals surface area contributed by atoms with Crippen molar-refractivity contribution in [3.05, 3.63) is 35.9 Å². The number of alkyl carbamates (subject to hydrolysis) is 1. The van der Waals surface area contributed by atoms with Crippen LogP contribution in [-0.2, 0) is 30.5 Å². The number of ketones is 1. The lowest BCUT2D eigenvalue weighted by Gasteiger charge is -2.23. The monoisotopic (exact) mass is 447 g/mol. The van der Waals surface area contributed by atoms with Crippen LogP contribution in [0.1, 0.15) is 45.1 Å². The van der Waals surface area contributed by atoms with Crippen LogP contribution < -0.4 is 16.0 Å². The van der Waals surface area contributed by atoms with Crippen molar-refractivity contribution in [1.82, 2.24) is 16.0 Å². The van der Waals surface area contributed by atoms with Gasteiger partial charge in [-0.2, -0.15) is 0 Å². The molecule has 9 nitrogen and oxygen atoms in total. The van der Waals surface area contributed by atoms with Gasteiger partial charge in [-0.3, -0.25) is 14.4 Å². The maximum atomic E-state index is 12.9. The summed E-state index contributed by atoms with van der Waals surface area (Å²) in [6, 6.07) is 7.13. The minimum Gasteiger partial charge on any atom is -0.445 e. The summed E-state index contributed by atoms with van der Waals surface area (Å²) in [4.78, 5) is 49.8. The smallest absolute Gasteiger partial charge is 0.408 e. The molecule has 1 fully saturated rings. The van der Waals surface area contributed by atoms with Crippen LogP contribution >= 0.6 is 0 Å². The molecule has 1 heterocycles. The van der Waals surface area contributed by atoms with E-state index in [9.17, 15) is 19.2 Å². The lowest BCUT2D eigenvalue weighted by molar-refractivity contribution is -0.141. The lowest BCUT2D eigenvalue weighted by Crippen LogP contribution is -2.55. The number of Topliss-reactive ketones (excluding diaryl/α,β-unsaturated/α-hetero) is 1. The van der Waals surface area contributed by atoms with Gasteiger partial charge in [0.15, 0.2) is 0 Å². The predicted molar refractivity (Wildman–Crippen MR) is 118 cm³/mol. The van der Waals surface area contributed by atoms with E-state index in [0.29, 0.717) is 19.6 Å². The van der Waals surface area contributed by atoms with E-state index in [4.69, 9.17) is 9.47 Å². The summed E-state index contributed by atoms with van der Waals surface area (Å²) in [5.74, 6) is -2.00. The first kappa shape index (κ1) is 25.3. The van der Waals surface area contributed by atoms with Crippen molar-refractivity contribution in [3.8, 4) is 0 Å². The fourth-order valence-electron chi connectivity index (χ4n) is 3.22. The Bertz CT molecular complexity index is 768. The van der Waals surface area contributed by atoms with E-state index in [2.05, 4.69) is 16.0 Å². The highest BCUT2D eigenvalue weighted by Crippen LogP contribution is 2.08. The molecule has 1 aromatic carbocycles. The first-order chi connectivity index (χ1) is 15.4. The fourth-order valence-corrected chi connectivity index (χ4v) is 3.22. The Kier molecular flexibility index (Phi) is 10.7. The Morgan fingerprint density at radius 3 is 2.62 bits per heavy atom. The molecule has 0 radical (unpaired) electrons. The van der Waals surface area contributed by atoms with E-state index >= 15 is 0 Å². The Hall–Kier alpha value is -2.94. The Morgan fingerprint density at radius 1 is 1.16 bits per heavy atom. The van der Waals surface area contributed by atoms with Gasteiger partial charge >= 0.3 is 6.09 Å². The molecule has 9 heteroatoms. The molecule has 0 spiro atoms. The lowest BCUT2D eigenvalue weighted by atomic mass is 10.0. The number of carbonyl (C=O) groups is 4. The fraction of sp³-hybridized carbons (Fsp3) is 0.565. The molecule has 0 bridgehead atoms. The number of rotatable bonds is 7. The summed E-state index contributed by atoms with van der Waals surface area (Å²) in [5.41, 5.74) is 0.818. The summed E-state index contributed by atoms with van der Waals surface area (Å²) in [6.07, 6.45) is 2.02. The number of hydrogen-bond acceptors (Lipinski definition) is 6. The van der Waals surface area contributed by atoms with E-state index in [1.54, 1.807) is 0 Å². The van der Waals surface area contributed by atoms with Gasteiger partial charge in [0.25, 0.3) is 5.91 Å². The molecule has 1 aliphatic rings. The molecule has 0 saturated carbocycles. The van der Waals surface area contributed by atoms with E-state index < -0.39 is 35.8 Å². The average molecular weight is 448 g/mol. The highest BCUT2D eigenvalue weighted by molar-refractivity contribution is 6.38. The minimum atomic E-state index is -1.13. The molecule has 3 amide bonds. The molecule has 2 atom stereocenters. The summed E-state index contributed by atoms with van der Waals surface area (Å²) in [6.45, 7) is 4.61. The standard InChI is InChI=1S/C23H33N3O6/c1-16(2)13-18(26-23(30)32-14-17-9-5-3-6-10-17)21(28)25-19-15-31-12-8-4-7-11-24-22(29)20(19)27/h3,5-6,9-10,16,18-19H,4,7-8,11-15H2,1-2H3,(H,24,29)(H,25,28)(H,26,30). The van der Waals surface area contributed by atoms with Crippen LogP contribution in [0.25, 0.3) is 0 Å². The van der Waals surface area contributed by atoms with Gasteiger partial charge in [0, 0.05) is 13.2 Å². The van der Waals surface area contributed by atoms with E-state index in [1.165, 1.54) is 0 Å². The van der Waals surface area contributed by atoms with Gasteiger partial charge < -0.3 is 25.4 Å². The number of nitrogens with one attached hydrogen (secondary N) is 3. The normalized spacial score (nSPS) is 18.8. The van der Waals surface area contributed by atoms with Crippen molar-refractivity contribution in [1.29, 1.82) is 0 Å². The number of ether oxygens (including phenoxy) is 2. The van der Waals surface area contributed by atoms with Crippen molar-refractivity contribution in [2.45, 2.75) is 58.2 Å². The van der Waals surface area contributed by atoms with Gasteiger partial charge in [0.2, 0.25) is 11.7 Å².